The van der Waals surface area contributed by atoms with Gasteiger partial charge in [-0.3, -0.25) is 4.55 Å². The number of hydrogen-bond acceptors (Lipinski definition) is 2. The summed E-state index contributed by atoms with van der Waals surface area (Å²) in [5.41, 5.74) is -1.37. The topological polar surface area (TPSA) is 54.4 Å². The van der Waals surface area contributed by atoms with Crippen LogP contribution in [0.3, 0.4) is 0 Å². The van der Waals surface area contributed by atoms with Gasteiger partial charge in [-0.25, -0.2) is 13.2 Å². The van der Waals surface area contributed by atoms with Gasteiger partial charge in [-0.05, 0) is 6.42 Å². The first kappa shape index (κ1) is 13.7. The third kappa shape index (κ3) is 2.20. The predicted molar refractivity (Wildman–Crippen MR) is 55.6 cm³/mol. The van der Waals surface area contributed by atoms with E-state index in [9.17, 15) is 21.6 Å². The van der Waals surface area contributed by atoms with Crippen molar-refractivity contribution < 1.29 is 26.1 Å². The summed E-state index contributed by atoms with van der Waals surface area (Å²) in [6.45, 7) is 4.45. The molecule has 0 aromatic heterocycles. The lowest BCUT2D eigenvalue weighted by atomic mass is 10.1. The molecule has 0 heterocycles. The van der Waals surface area contributed by atoms with E-state index < -0.39 is 43.6 Å². The lowest BCUT2D eigenvalue weighted by Crippen LogP contribution is -2.12. The first-order valence-electron chi connectivity index (χ1n) is 4.54. The second-order valence-electron chi connectivity index (χ2n) is 3.20. The number of benzene rings is 1. The lowest BCUT2D eigenvalue weighted by Gasteiger charge is -2.11. The van der Waals surface area contributed by atoms with Crippen molar-refractivity contribution in [3.05, 3.63) is 35.2 Å². The summed E-state index contributed by atoms with van der Waals surface area (Å²) in [5, 5.41) is 0. The van der Waals surface area contributed by atoms with E-state index in [4.69, 9.17) is 4.55 Å². The Morgan fingerprint density at radius 1 is 1.24 bits per heavy atom. The monoisotopic (exact) mass is 266 g/mol. The van der Waals surface area contributed by atoms with Crippen LogP contribution in [0, 0.1) is 17.5 Å². The average molecular weight is 266 g/mol. The van der Waals surface area contributed by atoms with Gasteiger partial charge in [0.05, 0.1) is 0 Å². The Hall–Kier alpha value is -1.34. The molecule has 0 aliphatic rings. The van der Waals surface area contributed by atoms with Crippen molar-refractivity contribution in [3.63, 3.8) is 0 Å². The molecule has 0 atom stereocenters. The van der Waals surface area contributed by atoms with Gasteiger partial charge >= 0.3 is 0 Å². The molecule has 0 saturated heterocycles. The minimum atomic E-state index is -5.04. The lowest BCUT2D eigenvalue weighted by molar-refractivity contribution is 0.439. The summed E-state index contributed by atoms with van der Waals surface area (Å²) in [6, 6.07) is 0. The van der Waals surface area contributed by atoms with Crippen LogP contribution in [0.25, 0.3) is 6.08 Å². The largest absolute Gasteiger partial charge is 0.297 e. The summed E-state index contributed by atoms with van der Waals surface area (Å²) in [6.07, 6.45) is 0.514. The first-order chi connectivity index (χ1) is 7.75. The van der Waals surface area contributed by atoms with Crippen molar-refractivity contribution in [1.29, 1.82) is 0 Å². The van der Waals surface area contributed by atoms with Crippen LogP contribution in [0.2, 0.25) is 0 Å². The van der Waals surface area contributed by atoms with Crippen molar-refractivity contribution >= 4 is 16.2 Å². The molecule has 94 valence electrons. The highest BCUT2D eigenvalue weighted by atomic mass is 32.2. The Morgan fingerprint density at radius 2 is 1.76 bits per heavy atom. The van der Waals surface area contributed by atoms with Crippen LogP contribution in [0.1, 0.15) is 18.1 Å². The third-order valence-electron chi connectivity index (χ3n) is 2.22. The summed E-state index contributed by atoms with van der Waals surface area (Å²) in [5.74, 6) is -4.74. The second-order valence-corrected chi connectivity index (χ2v) is 4.55. The molecule has 1 rings (SSSR count). The Bertz CT molecular complexity index is 579. The quantitative estimate of drug-likeness (QED) is 0.675. The Kier molecular flexibility index (Phi) is 3.63. The zero-order valence-electron chi connectivity index (χ0n) is 8.80. The highest BCUT2D eigenvalue weighted by molar-refractivity contribution is 7.85. The van der Waals surface area contributed by atoms with Crippen LogP contribution in [-0.2, 0) is 16.5 Å². The van der Waals surface area contributed by atoms with E-state index in [1.165, 1.54) is 6.92 Å². The predicted octanol–water partition coefficient (Wildman–Crippen LogP) is 2.56. The smallest absolute Gasteiger partial charge is 0.282 e. The van der Waals surface area contributed by atoms with Crippen LogP contribution in [0.4, 0.5) is 13.2 Å². The SMILES string of the molecule is C=Cc1c(F)c(F)c(S(=O)(=O)O)c(CC)c1F. The molecule has 7 heteroatoms. The first-order valence-corrected chi connectivity index (χ1v) is 5.98. The zero-order valence-corrected chi connectivity index (χ0v) is 9.61. The fraction of sp³-hybridized carbons (Fsp3) is 0.200. The second kappa shape index (κ2) is 4.50. The average Bonchev–Trinajstić information content (AvgIpc) is 2.22. The Balaban J connectivity index is 3.92. The van der Waals surface area contributed by atoms with Gasteiger partial charge in [-0.15, -0.1) is 0 Å². The van der Waals surface area contributed by atoms with E-state index >= 15 is 0 Å². The molecule has 1 aromatic carbocycles. The molecule has 1 aromatic rings. The minimum Gasteiger partial charge on any atom is -0.282 e. The Labute approximate surface area is 96.3 Å². The standard InChI is InChI=1S/C10H9F3O3S/c1-3-5-7(11)6(4-2)10(17(14,15)16)9(13)8(5)12/h3H,1,4H2,2H3,(H,14,15,16). The molecule has 1 N–H and O–H groups in total. The van der Waals surface area contributed by atoms with Crippen molar-refractivity contribution in [2.75, 3.05) is 0 Å². The van der Waals surface area contributed by atoms with Gasteiger partial charge in [0.2, 0.25) is 0 Å². The number of hydrogen-bond donors (Lipinski definition) is 1. The van der Waals surface area contributed by atoms with E-state index in [0.29, 0.717) is 0 Å². The molecule has 0 aliphatic carbocycles. The van der Waals surface area contributed by atoms with Crippen LogP contribution >= 0.6 is 0 Å². The molecule has 3 nitrogen and oxygen atoms in total. The normalized spacial score (nSPS) is 11.6. The minimum absolute atomic E-state index is 0.223. The number of halogens is 3. The highest BCUT2D eigenvalue weighted by Crippen LogP contribution is 2.29. The summed E-state index contributed by atoms with van der Waals surface area (Å²) < 4.78 is 71.0. The van der Waals surface area contributed by atoms with Crippen LogP contribution in [0.5, 0.6) is 0 Å². The van der Waals surface area contributed by atoms with E-state index in [1.807, 2.05) is 0 Å². The molecular formula is C10H9F3O3S. The third-order valence-corrected chi connectivity index (χ3v) is 3.16. The van der Waals surface area contributed by atoms with Crippen LogP contribution in [0.15, 0.2) is 11.5 Å². The number of rotatable bonds is 3. The van der Waals surface area contributed by atoms with Gasteiger partial charge in [0.1, 0.15) is 10.7 Å². The van der Waals surface area contributed by atoms with Crippen LogP contribution < -0.4 is 0 Å². The Morgan fingerprint density at radius 3 is 2.12 bits per heavy atom. The van der Waals surface area contributed by atoms with Gasteiger partial charge in [-0.2, -0.15) is 8.42 Å². The van der Waals surface area contributed by atoms with Gasteiger partial charge in [0.15, 0.2) is 11.6 Å². The summed E-state index contributed by atoms with van der Waals surface area (Å²) >= 11 is 0. The van der Waals surface area contributed by atoms with Crippen LogP contribution in [-0.4, -0.2) is 13.0 Å². The van der Waals surface area contributed by atoms with E-state index in [0.717, 1.165) is 6.08 Å². The molecule has 0 bridgehead atoms. The maximum Gasteiger partial charge on any atom is 0.297 e. The molecule has 0 saturated carbocycles. The van der Waals surface area contributed by atoms with Crippen molar-refractivity contribution in [1.82, 2.24) is 0 Å². The molecule has 17 heavy (non-hydrogen) atoms. The van der Waals surface area contributed by atoms with E-state index in [1.54, 1.807) is 0 Å². The van der Waals surface area contributed by atoms with Crippen molar-refractivity contribution in [2.24, 2.45) is 0 Å². The molecule has 0 amide bonds. The molecule has 0 aliphatic heterocycles. The molecule has 0 radical (unpaired) electrons. The molecule has 0 unspecified atom stereocenters. The molecule has 0 fully saturated rings. The fourth-order valence-corrected chi connectivity index (χ4v) is 2.33. The van der Waals surface area contributed by atoms with E-state index in [2.05, 4.69) is 6.58 Å². The zero-order chi connectivity index (χ0) is 13.4. The molecule has 0 spiro atoms. The van der Waals surface area contributed by atoms with Gasteiger partial charge in [0.25, 0.3) is 10.1 Å². The summed E-state index contributed by atoms with van der Waals surface area (Å²) in [4.78, 5) is -1.36. The fourth-order valence-electron chi connectivity index (χ4n) is 1.47. The van der Waals surface area contributed by atoms with Gasteiger partial charge in [-0.1, -0.05) is 19.6 Å². The van der Waals surface area contributed by atoms with Crippen molar-refractivity contribution in [2.45, 2.75) is 18.2 Å². The van der Waals surface area contributed by atoms with Gasteiger partial charge in [0, 0.05) is 11.1 Å². The highest BCUT2D eigenvalue weighted by Gasteiger charge is 2.29. The van der Waals surface area contributed by atoms with Gasteiger partial charge < -0.3 is 0 Å². The maximum absolute atomic E-state index is 13.7. The summed E-state index contributed by atoms with van der Waals surface area (Å²) in [7, 11) is -5.04. The maximum atomic E-state index is 13.7. The van der Waals surface area contributed by atoms with E-state index in [-0.39, 0.29) is 6.42 Å². The molecular weight excluding hydrogens is 257 g/mol. The van der Waals surface area contributed by atoms with Crippen molar-refractivity contribution in [3.8, 4) is 0 Å².